The second-order valence-corrected chi connectivity index (χ2v) is 4.91. The summed E-state index contributed by atoms with van der Waals surface area (Å²) in [5.74, 6) is 0.218. The Bertz CT molecular complexity index is 336. The van der Waals surface area contributed by atoms with E-state index in [2.05, 4.69) is 29.0 Å². The second-order valence-electron chi connectivity index (χ2n) is 3.91. The van der Waals surface area contributed by atoms with Crippen molar-refractivity contribution in [3.05, 3.63) is 21.9 Å². The Morgan fingerprint density at radius 3 is 2.81 bits per heavy atom. The van der Waals surface area contributed by atoms with E-state index in [1.165, 1.54) is 10.4 Å². The van der Waals surface area contributed by atoms with Crippen LogP contribution in [0.5, 0.6) is 0 Å². The Labute approximate surface area is 101 Å². The minimum Gasteiger partial charge on any atom is -0.351 e. The van der Waals surface area contributed by atoms with Gasteiger partial charge in [-0.2, -0.15) is 0 Å². The number of amides is 1. The highest BCUT2D eigenvalue weighted by atomic mass is 32.1. The van der Waals surface area contributed by atoms with Crippen molar-refractivity contribution in [1.29, 1.82) is 0 Å². The molecule has 16 heavy (non-hydrogen) atoms. The zero-order valence-corrected chi connectivity index (χ0v) is 11.0. The monoisotopic (exact) mass is 240 g/mol. The third kappa shape index (κ3) is 3.61. The molecule has 1 aromatic heterocycles. The van der Waals surface area contributed by atoms with Gasteiger partial charge in [0.15, 0.2) is 0 Å². The number of carbonyl (C=O) groups is 1. The molecule has 0 aliphatic carbocycles. The molecule has 1 aromatic rings. The summed E-state index contributed by atoms with van der Waals surface area (Å²) >= 11 is 1.69. The number of aryl methyl sites for hydroxylation is 1. The van der Waals surface area contributed by atoms with Gasteiger partial charge >= 0.3 is 0 Å². The lowest BCUT2D eigenvalue weighted by atomic mass is 10.1. The summed E-state index contributed by atoms with van der Waals surface area (Å²) in [6.07, 6.45) is 0.871. The normalized spacial score (nSPS) is 12.4. The zero-order chi connectivity index (χ0) is 12.0. The van der Waals surface area contributed by atoms with Crippen LogP contribution in [0.1, 0.15) is 23.8 Å². The van der Waals surface area contributed by atoms with Gasteiger partial charge in [-0.25, -0.2) is 0 Å². The van der Waals surface area contributed by atoms with Crippen LogP contribution in [-0.4, -0.2) is 19.5 Å². The Morgan fingerprint density at radius 1 is 1.56 bits per heavy atom. The van der Waals surface area contributed by atoms with Gasteiger partial charge < -0.3 is 10.6 Å². The van der Waals surface area contributed by atoms with Crippen LogP contribution in [-0.2, 0) is 11.3 Å². The third-order valence-electron chi connectivity index (χ3n) is 2.71. The lowest BCUT2D eigenvalue weighted by Gasteiger charge is -2.14. The Morgan fingerprint density at radius 2 is 2.31 bits per heavy atom. The Balaban J connectivity index is 2.42. The number of carbonyl (C=O) groups excluding carboxylic acids is 1. The highest BCUT2D eigenvalue weighted by Crippen LogP contribution is 2.15. The van der Waals surface area contributed by atoms with Gasteiger partial charge in [0.25, 0.3) is 0 Å². The summed E-state index contributed by atoms with van der Waals surface area (Å²) in [6, 6.07) is 2.08. The third-order valence-corrected chi connectivity index (χ3v) is 3.73. The summed E-state index contributed by atoms with van der Waals surface area (Å²) in [5.41, 5.74) is 1.26. The average Bonchev–Trinajstić information content (AvgIpc) is 2.68. The van der Waals surface area contributed by atoms with Crippen molar-refractivity contribution >= 4 is 17.2 Å². The maximum absolute atomic E-state index is 11.8. The zero-order valence-electron chi connectivity index (χ0n) is 10.2. The predicted molar refractivity (Wildman–Crippen MR) is 68.6 cm³/mol. The molecule has 0 aliphatic rings. The molecule has 1 amide bonds. The first-order chi connectivity index (χ1) is 7.69. The van der Waals surface area contributed by atoms with Gasteiger partial charge in [0.1, 0.15) is 0 Å². The van der Waals surface area contributed by atoms with Gasteiger partial charge in [-0.3, -0.25) is 4.79 Å². The number of hydrogen-bond donors (Lipinski definition) is 2. The summed E-state index contributed by atoms with van der Waals surface area (Å²) in [6.45, 7) is 5.51. The molecule has 90 valence electrons. The van der Waals surface area contributed by atoms with Crippen molar-refractivity contribution in [3.63, 3.8) is 0 Å². The van der Waals surface area contributed by atoms with E-state index in [1.54, 1.807) is 11.3 Å². The van der Waals surface area contributed by atoms with Gasteiger partial charge in [-0.1, -0.05) is 6.92 Å². The van der Waals surface area contributed by atoms with E-state index in [0.717, 1.165) is 13.0 Å². The van der Waals surface area contributed by atoms with E-state index in [-0.39, 0.29) is 11.8 Å². The lowest BCUT2D eigenvalue weighted by Crippen LogP contribution is -2.35. The molecule has 1 unspecified atom stereocenters. The fourth-order valence-electron chi connectivity index (χ4n) is 1.57. The summed E-state index contributed by atoms with van der Waals surface area (Å²) in [7, 11) is 1.87. The largest absolute Gasteiger partial charge is 0.351 e. The maximum Gasteiger partial charge on any atom is 0.224 e. The maximum atomic E-state index is 11.8. The molecule has 0 fully saturated rings. The van der Waals surface area contributed by atoms with Gasteiger partial charge in [0.2, 0.25) is 5.91 Å². The van der Waals surface area contributed by atoms with Crippen LogP contribution < -0.4 is 10.6 Å². The summed E-state index contributed by atoms with van der Waals surface area (Å²) < 4.78 is 0. The molecule has 2 N–H and O–H groups in total. The molecule has 0 bridgehead atoms. The van der Waals surface area contributed by atoms with Crippen molar-refractivity contribution in [2.75, 3.05) is 13.6 Å². The molecule has 0 aliphatic heterocycles. The van der Waals surface area contributed by atoms with Crippen molar-refractivity contribution in [2.24, 2.45) is 5.92 Å². The van der Waals surface area contributed by atoms with E-state index in [0.29, 0.717) is 6.54 Å². The van der Waals surface area contributed by atoms with Crippen LogP contribution in [0.4, 0.5) is 0 Å². The average molecular weight is 240 g/mol. The number of hydrogen-bond acceptors (Lipinski definition) is 3. The van der Waals surface area contributed by atoms with Gasteiger partial charge in [0, 0.05) is 11.4 Å². The van der Waals surface area contributed by atoms with Crippen LogP contribution in [0.3, 0.4) is 0 Å². The van der Waals surface area contributed by atoms with Crippen LogP contribution in [0.2, 0.25) is 0 Å². The molecule has 1 heterocycles. The van der Waals surface area contributed by atoms with E-state index in [4.69, 9.17) is 0 Å². The van der Waals surface area contributed by atoms with Crippen molar-refractivity contribution in [2.45, 2.75) is 26.8 Å². The fourth-order valence-corrected chi connectivity index (χ4v) is 2.41. The van der Waals surface area contributed by atoms with E-state index in [1.807, 2.05) is 14.0 Å². The topological polar surface area (TPSA) is 41.1 Å². The van der Waals surface area contributed by atoms with Gasteiger partial charge in [0.05, 0.1) is 12.5 Å². The molecular weight excluding hydrogens is 220 g/mol. The standard InChI is InChI=1S/C12H20N2OS/c1-4-10(7-13-3)12(15)14-8-11-9(2)5-6-16-11/h5-6,10,13H,4,7-8H2,1-3H3,(H,14,15). The van der Waals surface area contributed by atoms with Crippen molar-refractivity contribution in [1.82, 2.24) is 10.6 Å². The van der Waals surface area contributed by atoms with Gasteiger partial charge in [-0.15, -0.1) is 11.3 Å². The predicted octanol–water partition coefficient (Wildman–Crippen LogP) is 1.92. The molecule has 3 nitrogen and oxygen atoms in total. The van der Waals surface area contributed by atoms with E-state index in [9.17, 15) is 4.79 Å². The first-order valence-corrected chi connectivity index (χ1v) is 6.52. The molecule has 0 saturated carbocycles. The highest BCUT2D eigenvalue weighted by Gasteiger charge is 2.15. The molecule has 0 spiro atoms. The first kappa shape index (κ1) is 13.2. The fraction of sp³-hybridized carbons (Fsp3) is 0.583. The van der Waals surface area contributed by atoms with Crippen molar-refractivity contribution < 1.29 is 4.79 Å². The minimum atomic E-state index is 0.0743. The molecule has 4 heteroatoms. The SMILES string of the molecule is CCC(CNC)C(=O)NCc1sccc1C. The van der Waals surface area contributed by atoms with E-state index >= 15 is 0 Å². The molecule has 0 aromatic carbocycles. The number of thiophene rings is 1. The second kappa shape index (κ2) is 6.66. The van der Waals surface area contributed by atoms with Gasteiger partial charge in [-0.05, 0) is 37.4 Å². The minimum absolute atomic E-state index is 0.0743. The van der Waals surface area contributed by atoms with Crippen LogP contribution >= 0.6 is 11.3 Å². The summed E-state index contributed by atoms with van der Waals surface area (Å²) in [5, 5.41) is 8.10. The molecule has 1 rings (SSSR count). The van der Waals surface area contributed by atoms with Crippen LogP contribution in [0.15, 0.2) is 11.4 Å². The first-order valence-electron chi connectivity index (χ1n) is 5.64. The quantitative estimate of drug-likeness (QED) is 0.797. The van der Waals surface area contributed by atoms with Crippen LogP contribution in [0.25, 0.3) is 0 Å². The molecular formula is C12H20N2OS. The summed E-state index contributed by atoms with van der Waals surface area (Å²) in [4.78, 5) is 13.1. The Kier molecular flexibility index (Phi) is 5.49. The van der Waals surface area contributed by atoms with E-state index < -0.39 is 0 Å². The molecule has 0 radical (unpaired) electrons. The number of nitrogens with one attached hydrogen (secondary N) is 2. The molecule has 1 atom stereocenters. The molecule has 0 saturated heterocycles. The number of rotatable bonds is 6. The van der Waals surface area contributed by atoms with Crippen molar-refractivity contribution in [3.8, 4) is 0 Å². The highest BCUT2D eigenvalue weighted by molar-refractivity contribution is 7.10. The smallest absolute Gasteiger partial charge is 0.224 e. The lowest BCUT2D eigenvalue weighted by molar-refractivity contribution is -0.125. The Hall–Kier alpha value is -0.870. The van der Waals surface area contributed by atoms with Crippen LogP contribution in [0, 0.1) is 12.8 Å².